The molecule has 3 saturated carbocycles. The summed E-state index contributed by atoms with van der Waals surface area (Å²) < 4.78 is 133. The highest BCUT2D eigenvalue weighted by atomic mass is 16.5. The molecule has 7 aliphatic rings. The molecule has 0 saturated heterocycles. The fraction of sp³-hybridized carbons (Fsp3) is 0.393. The Morgan fingerprint density at radius 1 is 0.292 bits per heavy atom. The van der Waals surface area contributed by atoms with Crippen LogP contribution in [0, 0.1) is 55.1 Å². The van der Waals surface area contributed by atoms with E-state index in [9.17, 15) is 0 Å². The molecule has 8 aromatic carbocycles. The van der Waals surface area contributed by atoms with E-state index in [1.165, 1.54) is 74.5 Å². The Bertz CT molecular complexity index is 6470. The van der Waals surface area contributed by atoms with Crippen LogP contribution in [0.15, 0.2) is 219 Å². The SMILES string of the molecule is [2H]C([2H])([2H])c1c[n+](C)c(-c2ccccc2C)cc1-c1cccc2c1OC(C)(C)C2(C)C.[2H]C([2H])([2H])c1cc(C)c(-c2cccc[n+]2C)cc1-c1ccc2c(c1)OC(C)(C)CC21CCCC1.[2H]C([2H])([2H])c1cc(C)c(-c2cccc[n+]2C)cc1-c1ccc2c(c1)OC1(CCCC1)C2(C)C.[2H]C([2H])([2H])c1cc(C)c(-c2cccc[n+]2C)cc1-c1ccc2c(c1)OC1(CCCCC1)C2(C)C. The first-order valence-corrected chi connectivity index (χ1v) is 43.7. The molecule has 4 aromatic heterocycles. The van der Waals surface area contributed by atoms with Crippen molar-refractivity contribution < 1.29 is 53.7 Å². The number of fused-ring (bicyclic) bond motifs is 5. The van der Waals surface area contributed by atoms with Gasteiger partial charge in [-0.15, -0.1) is 0 Å². The molecule has 0 amide bonds. The Kier molecular flexibility index (Phi) is 18.2. The summed E-state index contributed by atoms with van der Waals surface area (Å²) in [5.41, 5.74) is 24.1. The largest absolute Gasteiger partial charge is 0.488 e. The fourth-order valence-corrected chi connectivity index (χ4v) is 21.4. The topological polar surface area (TPSA) is 52.4 Å². The Labute approximate surface area is 734 Å². The van der Waals surface area contributed by atoms with Gasteiger partial charge in [-0.25, -0.2) is 18.3 Å². The van der Waals surface area contributed by atoms with Crippen LogP contribution < -0.4 is 37.2 Å². The average molecular weight is 1610 g/mol. The van der Waals surface area contributed by atoms with Crippen molar-refractivity contribution in [3.63, 3.8) is 0 Å². The normalized spacial score (nSPS) is 20.0. The lowest BCUT2D eigenvalue weighted by Crippen LogP contribution is -2.49. The third-order valence-corrected chi connectivity index (χ3v) is 29.1. The molecule has 12 aromatic rings. The lowest BCUT2D eigenvalue weighted by molar-refractivity contribution is -0.660. The molecule has 0 radical (unpaired) electrons. The molecular formula is C112H130N4O4+4. The second-order valence-corrected chi connectivity index (χ2v) is 38.4. The molecule has 120 heavy (non-hydrogen) atoms. The minimum absolute atomic E-state index is 0.0551. The molecule has 0 N–H and O–H groups in total. The summed E-state index contributed by atoms with van der Waals surface area (Å²) >= 11 is 0. The van der Waals surface area contributed by atoms with Crippen LogP contribution >= 0.6 is 0 Å². The van der Waals surface area contributed by atoms with Gasteiger partial charge in [0.1, 0.15) is 73.6 Å². The zero-order valence-corrected chi connectivity index (χ0v) is 74.1. The lowest BCUT2D eigenvalue weighted by Gasteiger charge is -2.44. The van der Waals surface area contributed by atoms with Crippen molar-refractivity contribution in [2.24, 2.45) is 28.2 Å². The van der Waals surface area contributed by atoms with Crippen molar-refractivity contribution in [2.75, 3.05) is 0 Å². The van der Waals surface area contributed by atoms with Crippen LogP contribution in [0.4, 0.5) is 0 Å². The summed E-state index contributed by atoms with van der Waals surface area (Å²) in [4.78, 5) is 0. The standard InChI is InChI=1S/2C29H34NO.C28H32NO.C26H30NO/c1-20-16-21(2)24(26-10-6-9-15-30(26)5)18-23(20)22-11-12-25-27(17-22)31-28(3,4)19-29(25)13-7-8-14-29;1-20-17-21(2)24(26-11-7-10-16-30(26)5)19-23(20)22-12-13-25-27(18-22)31-29(28(25,3)4)14-8-6-9-15-29;1-19-16-20(2)23(25-10-6-9-15-29(25)5)18-22(19)21-11-12-24-26(17-21)30-28(27(24,3)4)13-7-8-14-28;1-17-11-8-9-12-19(17)23-15-21(18(2)16-27(23)7)20-13-10-14-22-24(20)28-26(5,6)25(22,3)4/h6,9-12,15-18H,7-8,13-14,19H2,1-5H3;7,10-13,16-19H,6,8-9,14-15H2,1-5H3;6,9-12,15-18H,7-8,13-14H2,1-5H3;8-16H,1-7H3/q4*+1/i3*1D3;2D3. The second kappa shape index (κ2) is 31.5. The van der Waals surface area contributed by atoms with Gasteiger partial charge >= 0.3 is 0 Å². The molecule has 8 heterocycles. The minimum Gasteiger partial charge on any atom is -0.488 e. The van der Waals surface area contributed by atoms with Gasteiger partial charge in [-0.3, -0.25) is 0 Å². The van der Waals surface area contributed by atoms with Gasteiger partial charge in [0.25, 0.3) is 0 Å². The van der Waals surface area contributed by atoms with E-state index < -0.39 is 33.0 Å². The van der Waals surface area contributed by atoms with Crippen molar-refractivity contribution >= 4 is 0 Å². The molecule has 8 nitrogen and oxygen atoms in total. The number of pyridine rings is 4. The van der Waals surface area contributed by atoms with Gasteiger partial charge < -0.3 is 18.9 Å². The van der Waals surface area contributed by atoms with Crippen molar-refractivity contribution in [3.05, 3.63) is 286 Å². The quantitative estimate of drug-likeness (QED) is 0.142. The number of benzene rings is 8. The molecule has 0 atom stereocenters. The van der Waals surface area contributed by atoms with Gasteiger partial charge in [-0.2, -0.15) is 0 Å². The van der Waals surface area contributed by atoms with Gasteiger partial charge in [0.05, 0.1) is 0 Å². The number of para-hydroxylation sites is 1. The molecule has 3 fully saturated rings. The van der Waals surface area contributed by atoms with Crippen LogP contribution in [-0.4, -0.2) is 22.4 Å². The molecule has 4 aliphatic heterocycles. The first-order valence-electron chi connectivity index (χ1n) is 49.7. The Hall–Kier alpha value is -10.4. The number of rotatable bonds is 8. The summed E-state index contributed by atoms with van der Waals surface area (Å²) in [5.74, 6) is 3.52. The number of ether oxygens (including phenoxy) is 4. The molecule has 0 bridgehead atoms. The summed E-state index contributed by atoms with van der Waals surface area (Å²) in [7, 11) is 7.94. The highest BCUT2D eigenvalue weighted by molar-refractivity contribution is 5.82. The van der Waals surface area contributed by atoms with Crippen molar-refractivity contribution in [1.82, 2.24) is 0 Å². The van der Waals surface area contributed by atoms with Crippen LogP contribution in [-0.2, 0) is 49.9 Å². The zero-order chi connectivity index (χ0) is 95.0. The van der Waals surface area contributed by atoms with Crippen LogP contribution in [0.3, 0.4) is 0 Å². The van der Waals surface area contributed by atoms with Gasteiger partial charge in [0.2, 0.25) is 22.8 Å². The summed E-state index contributed by atoms with van der Waals surface area (Å²) in [6.45, 7) is 21.2. The first-order chi connectivity index (χ1) is 61.9. The average Bonchev–Trinajstić information content (AvgIpc) is 1.53. The first kappa shape index (κ1) is 69.2. The van der Waals surface area contributed by atoms with Gasteiger partial charge in [-0.1, -0.05) is 152 Å². The second-order valence-electron chi connectivity index (χ2n) is 38.4. The van der Waals surface area contributed by atoms with Gasteiger partial charge in [-0.05, 0) is 286 Å². The van der Waals surface area contributed by atoms with E-state index >= 15 is 0 Å². The summed E-state index contributed by atoms with van der Waals surface area (Å²) in [6, 6.07) is 65.2. The van der Waals surface area contributed by atoms with Crippen LogP contribution in [0.5, 0.6) is 23.0 Å². The molecule has 3 aliphatic carbocycles. The highest BCUT2D eigenvalue weighted by Crippen LogP contribution is 2.60. The summed E-state index contributed by atoms with van der Waals surface area (Å²) in [5, 5.41) is 0. The van der Waals surface area contributed by atoms with Crippen molar-refractivity contribution in [3.8, 4) is 113 Å². The maximum Gasteiger partial charge on any atom is 0.213 e. The number of nitrogens with zero attached hydrogens (tertiary/aromatic N) is 4. The number of aryl methyl sites for hydroxylation is 12. The van der Waals surface area contributed by atoms with E-state index in [4.69, 9.17) is 35.4 Å². The monoisotopic (exact) mass is 1610 g/mol. The Balaban J connectivity index is 0.000000128. The Morgan fingerprint density at radius 2 is 0.700 bits per heavy atom. The third-order valence-electron chi connectivity index (χ3n) is 29.1. The predicted octanol–water partition coefficient (Wildman–Crippen LogP) is 26.0. The van der Waals surface area contributed by atoms with E-state index in [-0.39, 0.29) is 38.5 Å². The maximum absolute atomic E-state index is 8.26. The third kappa shape index (κ3) is 14.8. The van der Waals surface area contributed by atoms with Crippen LogP contribution in [0.2, 0.25) is 0 Å². The fourth-order valence-electron chi connectivity index (χ4n) is 21.4. The zero-order valence-electron chi connectivity index (χ0n) is 86.1. The lowest BCUT2D eigenvalue weighted by atomic mass is 9.65. The van der Waals surface area contributed by atoms with E-state index in [2.05, 4.69) is 181 Å². The molecule has 3 spiro atoms. The number of hydrogen-bond donors (Lipinski definition) is 0. The molecule has 8 heteroatoms. The van der Waals surface area contributed by atoms with Gasteiger partial charge in [0, 0.05) is 142 Å². The molecule has 618 valence electrons. The summed E-state index contributed by atoms with van der Waals surface area (Å²) in [6.07, 6.45) is 24.1. The minimum atomic E-state index is -2.25. The number of aromatic nitrogens is 4. The molecular weight excluding hydrogens is 1470 g/mol. The number of hydrogen-bond acceptors (Lipinski definition) is 4. The van der Waals surface area contributed by atoms with Crippen molar-refractivity contribution in [1.29, 1.82) is 0 Å². The predicted molar refractivity (Wildman–Crippen MR) is 493 cm³/mol. The van der Waals surface area contributed by atoms with E-state index in [0.29, 0.717) is 27.8 Å². The highest BCUT2D eigenvalue weighted by Gasteiger charge is 2.57. The molecule has 19 rings (SSSR count). The van der Waals surface area contributed by atoms with Crippen molar-refractivity contribution in [2.45, 2.75) is 258 Å². The van der Waals surface area contributed by atoms with Gasteiger partial charge in [0.15, 0.2) is 24.8 Å². The smallest absolute Gasteiger partial charge is 0.213 e. The maximum atomic E-state index is 8.26. The van der Waals surface area contributed by atoms with E-state index in [0.717, 1.165) is 167 Å². The molecule has 0 unspecified atom stereocenters. The van der Waals surface area contributed by atoms with Crippen LogP contribution in [0.1, 0.15) is 242 Å². The van der Waals surface area contributed by atoms with E-state index in [1.807, 2.05) is 175 Å². The van der Waals surface area contributed by atoms with E-state index in [1.54, 1.807) is 6.20 Å². The van der Waals surface area contributed by atoms with Crippen LogP contribution in [0.25, 0.3) is 89.5 Å². The Morgan fingerprint density at radius 3 is 1.14 bits per heavy atom.